The van der Waals surface area contributed by atoms with Crippen LogP contribution in [-0.4, -0.2) is 19.8 Å². The highest BCUT2D eigenvalue weighted by Crippen LogP contribution is 2.27. The van der Waals surface area contributed by atoms with Crippen molar-refractivity contribution in [3.05, 3.63) is 53.6 Å². The Morgan fingerprint density at radius 3 is 2.95 bits per heavy atom. The molecule has 0 saturated carbocycles. The van der Waals surface area contributed by atoms with Gasteiger partial charge >= 0.3 is 0 Å². The standard InChI is InChI=1S/C17H20N2S/c1-19-9-8-14-10-13(6-7-17(14)19)12-18-15-4-3-5-16(11-15)20-2/h3-7,10-11,18H,8-9,12H2,1-2H3. The summed E-state index contributed by atoms with van der Waals surface area (Å²) in [6.07, 6.45) is 3.28. The summed E-state index contributed by atoms with van der Waals surface area (Å²) in [5.74, 6) is 0. The van der Waals surface area contributed by atoms with Crippen molar-refractivity contribution in [2.24, 2.45) is 0 Å². The van der Waals surface area contributed by atoms with E-state index in [9.17, 15) is 0 Å². The zero-order valence-corrected chi connectivity index (χ0v) is 12.8. The van der Waals surface area contributed by atoms with Crippen LogP contribution in [0.3, 0.4) is 0 Å². The van der Waals surface area contributed by atoms with Crippen molar-refractivity contribution in [1.82, 2.24) is 0 Å². The second kappa shape index (κ2) is 5.80. The van der Waals surface area contributed by atoms with Gasteiger partial charge in [0.05, 0.1) is 0 Å². The lowest BCUT2D eigenvalue weighted by Crippen LogP contribution is -2.12. The summed E-state index contributed by atoms with van der Waals surface area (Å²) in [6, 6.07) is 15.4. The minimum atomic E-state index is 0.884. The van der Waals surface area contributed by atoms with Crippen molar-refractivity contribution in [3.63, 3.8) is 0 Å². The lowest BCUT2D eigenvalue weighted by atomic mass is 10.1. The minimum Gasteiger partial charge on any atom is -0.381 e. The third kappa shape index (κ3) is 2.78. The number of nitrogens with one attached hydrogen (secondary N) is 1. The summed E-state index contributed by atoms with van der Waals surface area (Å²) in [5, 5.41) is 3.51. The summed E-state index contributed by atoms with van der Waals surface area (Å²) < 4.78 is 0. The second-order valence-corrected chi connectivity index (χ2v) is 6.10. The molecule has 2 nitrogen and oxygen atoms in total. The summed E-state index contributed by atoms with van der Waals surface area (Å²) >= 11 is 1.78. The van der Waals surface area contributed by atoms with Gasteiger partial charge in [-0.15, -0.1) is 11.8 Å². The van der Waals surface area contributed by atoms with E-state index in [1.54, 1.807) is 11.8 Å². The van der Waals surface area contributed by atoms with Crippen LogP contribution in [0.15, 0.2) is 47.4 Å². The zero-order chi connectivity index (χ0) is 13.9. The monoisotopic (exact) mass is 284 g/mol. The lowest BCUT2D eigenvalue weighted by Gasteiger charge is -2.13. The van der Waals surface area contributed by atoms with Gasteiger partial charge in [-0.2, -0.15) is 0 Å². The molecule has 0 amide bonds. The molecule has 1 N–H and O–H groups in total. The molecule has 0 aromatic heterocycles. The van der Waals surface area contributed by atoms with Crippen molar-refractivity contribution in [1.29, 1.82) is 0 Å². The van der Waals surface area contributed by atoms with Crippen molar-refractivity contribution in [3.8, 4) is 0 Å². The highest BCUT2D eigenvalue weighted by Gasteiger charge is 2.15. The molecule has 0 unspecified atom stereocenters. The molecule has 0 aliphatic carbocycles. The number of fused-ring (bicyclic) bond motifs is 1. The van der Waals surface area contributed by atoms with Crippen LogP contribution in [0, 0.1) is 0 Å². The van der Waals surface area contributed by atoms with Crippen molar-refractivity contribution in [2.45, 2.75) is 17.9 Å². The Bertz CT molecular complexity index is 610. The van der Waals surface area contributed by atoms with Crippen LogP contribution in [0.25, 0.3) is 0 Å². The normalized spacial score (nSPS) is 13.4. The predicted molar refractivity (Wildman–Crippen MR) is 89.0 cm³/mol. The van der Waals surface area contributed by atoms with E-state index in [0.717, 1.165) is 13.1 Å². The van der Waals surface area contributed by atoms with Crippen LogP contribution in [-0.2, 0) is 13.0 Å². The fourth-order valence-electron chi connectivity index (χ4n) is 2.67. The van der Waals surface area contributed by atoms with Crippen LogP contribution in [0.5, 0.6) is 0 Å². The molecule has 2 aromatic rings. The van der Waals surface area contributed by atoms with Gasteiger partial charge < -0.3 is 10.2 Å². The van der Waals surface area contributed by atoms with Crippen LogP contribution < -0.4 is 10.2 Å². The number of likely N-dealkylation sites (N-methyl/N-ethyl adjacent to an activating group) is 1. The van der Waals surface area contributed by atoms with Crippen molar-refractivity contribution < 1.29 is 0 Å². The number of hydrogen-bond donors (Lipinski definition) is 1. The summed E-state index contributed by atoms with van der Waals surface area (Å²) in [7, 11) is 2.16. The Hall–Kier alpha value is -1.61. The molecule has 1 heterocycles. The van der Waals surface area contributed by atoms with Crippen molar-refractivity contribution in [2.75, 3.05) is 30.1 Å². The SMILES string of the molecule is CSc1cccc(NCc2ccc3c(c2)CCN3C)c1. The Kier molecular flexibility index (Phi) is 3.88. The molecule has 20 heavy (non-hydrogen) atoms. The third-order valence-corrected chi connectivity index (χ3v) is 4.56. The average Bonchev–Trinajstić information content (AvgIpc) is 2.86. The van der Waals surface area contributed by atoms with Gasteiger partial charge in [-0.05, 0) is 48.1 Å². The van der Waals surface area contributed by atoms with Gasteiger partial charge in [-0.3, -0.25) is 0 Å². The topological polar surface area (TPSA) is 15.3 Å². The lowest BCUT2D eigenvalue weighted by molar-refractivity contribution is 0.955. The van der Waals surface area contributed by atoms with E-state index in [1.165, 1.54) is 33.8 Å². The molecule has 0 spiro atoms. The van der Waals surface area contributed by atoms with Gasteiger partial charge in [0, 0.05) is 36.4 Å². The fourth-order valence-corrected chi connectivity index (χ4v) is 3.13. The van der Waals surface area contributed by atoms with Crippen LogP contribution in [0.4, 0.5) is 11.4 Å². The van der Waals surface area contributed by atoms with Gasteiger partial charge in [0.2, 0.25) is 0 Å². The maximum Gasteiger partial charge on any atom is 0.0400 e. The van der Waals surface area contributed by atoms with E-state index < -0.39 is 0 Å². The van der Waals surface area contributed by atoms with Crippen LogP contribution in [0.2, 0.25) is 0 Å². The first-order valence-corrected chi connectivity index (χ1v) is 8.19. The summed E-state index contributed by atoms with van der Waals surface area (Å²) in [6.45, 7) is 2.02. The number of rotatable bonds is 4. The molecule has 0 atom stereocenters. The highest BCUT2D eigenvalue weighted by molar-refractivity contribution is 7.98. The number of thioether (sulfide) groups is 1. The zero-order valence-electron chi connectivity index (χ0n) is 12.0. The van der Waals surface area contributed by atoms with E-state index >= 15 is 0 Å². The Balaban J connectivity index is 1.69. The first-order valence-electron chi connectivity index (χ1n) is 6.97. The van der Waals surface area contributed by atoms with Gasteiger partial charge in [0.15, 0.2) is 0 Å². The highest BCUT2D eigenvalue weighted by atomic mass is 32.2. The van der Waals surface area contributed by atoms with Gasteiger partial charge in [-0.25, -0.2) is 0 Å². The fraction of sp³-hybridized carbons (Fsp3) is 0.294. The largest absolute Gasteiger partial charge is 0.381 e. The van der Waals surface area contributed by atoms with Gasteiger partial charge in [0.25, 0.3) is 0 Å². The molecule has 1 aliphatic rings. The Morgan fingerprint density at radius 2 is 2.10 bits per heavy atom. The molecule has 3 heteroatoms. The molecule has 104 valence electrons. The van der Waals surface area contributed by atoms with Crippen LogP contribution >= 0.6 is 11.8 Å². The first-order chi connectivity index (χ1) is 9.76. The van der Waals surface area contributed by atoms with E-state index in [0.29, 0.717) is 0 Å². The van der Waals surface area contributed by atoms with E-state index in [-0.39, 0.29) is 0 Å². The first kappa shape index (κ1) is 13.4. The third-order valence-electron chi connectivity index (χ3n) is 3.84. The molecule has 3 rings (SSSR count). The van der Waals surface area contributed by atoms with Crippen molar-refractivity contribution >= 4 is 23.1 Å². The Morgan fingerprint density at radius 1 is 1.20 bits per heavy atom. The second-order valence-electron chi connectivity index (χ2n) is 5.22. The molecule has 1 aliphatic heterocycles. The Labute approximate surface area is 125 Å². The average molecular weight is 284 g/mol. The maximum atomic E-state index is 3.51. The molecular formula is C17H20N2S. The molecule has 0 saturated heterocycles. The molecule has 0 bridgehead atoms. The maximum absolute atomic E-state index is 3.51. The van der Waals surface area contributed by atoms with E-state index in [2.05, 4.69) is 66.0 Å². The summed E-state index contributed by atoms with van der Waals surface area (Å²) in [4.78, 5) is 3.62. The summed E-state index contributed by atoms with van der Waals surface area (Å²) in [5.41, 5.74) is 5.41. The quantitative estimate of drug-likeness (QED) is 0.854. The smallest absolute Gasteiger partial charge is 0.0400 e. The molecule has 0 radical (unpaired) electrons. The van der Waals surface area contributed by atoms with Gasteiger partial charge in [0.1, 0.15) is 0 Å². The minimum absolute atomic E-state index is 0.884. The van der Waals surface area contributed by atoms with Crippen LogP contribution in [0.1, 0.15) is 11.1 Å². The molecular weight excluding hydrogens is 264 g/mol. The van der Waals surface area contributed by atoms with Gasteiger partial charge in [-0.1, -0.05) is 18.2 Å². The van der Waals surface area contributed by atoms with E-state index in [1.807, 2.05) is 0 Å². The predicted octanol–water partition coefficient (Wildman–Crippen LogP) is 4.01. The number of benzene rings is 2. The number of anilines is 2. The number of nitrogens with zero attached hydrogens (tertiary/aromatic N) is 1. The molecule has 2 aromatic carbocycles. The molecule has 0 fully saturated rings. The number of hydrogen-bond acceptors (Lipinski definition) is 3. The van der Waals surface area contributed by atoms with E-state index in [4.69, 9.17) is 0 Å².